The van der Waals surface area contributed by atoms with E-state index in [1.807, 2.05) is 0 Å². The van der Waals surface area contributed by atoms with Gasteiger partial charge in [0.2, 0.25) is 0 Å². The molecule has 1 N–H and O–H groups in total. The molecule has 1 nitrogen and oxygen atoms in total. The quantitative estimate of drug-likeness (QED) is 0.793. The van der Waals surface area contributed by atoms with E-state index < -0.39 is 0 Å². The van der Waals surface area contributed by atoms with Gasteiger partial charge in [-0.25, -0.2) is 0 Å². The molecular weight excluding hydrogens is 310 g/mol. The predicted octanol–water partition coefficient (Wildman–Crippen LogP) is 4.90. The zero-order valence-corrected chi connectivity index (χ0v) is 13.8. The van der Waals surface area contributed by atoms with E-state index in [-0.39, 0.29) is 0 Å². The highest BCUT2D eigenvalue weighted by Gasteiger charge is 2.14. The van der Waals surface area contributed by atoms with E-state index in [0.717, 1.165) is 23.9 Å². The van der Waals surface area contributed by atoms with Crippen LogP contribution in [-0.2, 0) is 12.8 Å². The molecule has 0 bridgehead atoms. The third-order valence-electron chi connectivity index (χ3n) is 3.59. The van der Waals surface area contributed by atoms with Crippen molar-refractivity contribution in [3.8, 4) is 0 Å². The SMILES string of the molecule is CCNC(Cc1cccc(Br)c1)c1ccccc1CC. The van der Waals surface area contributed by atoms with E-state index in [9.17, 15) is 0 Å². The summed E-state index contributed by atoms with van der Waals surface area (Å²) in [6.07, 6.45) is 2.10. The highest BCUT2D eigenvalue weighted by molar-refractivity contribution is 9.10. The van der Waals surface area contributed by atoms with Gasteiger partial charge in [0.15, 0.2) is 0 Å². The molecule has 0 radical (unpaired) electrons. The van der Waals surface area contributed by atoms with Crippen molar-refractivity contribution in [1.82, 2.24) is 5.32 Å². The lowest BCUT2D eigenvalue weighted by molar-refractivity contribution is 0.546. The molecule has 0 fully saturated rings. The third kappa shape index (κ3) is 3.94. The van der Waals surface area contributed by atoms with Crippen molar-refractivity contribution in [1.29, 1.82) is 0 Å². The molecule has 2 heteroatoms. The second-order valence-corrected chi connectivity index (χ2v) is 5.91. The first-order chi connectivity index (χ1) is 9.74. The maximum atomic E-state index is 3.63. The molecule has 0 aliphatic rings. The van der Waals surface area contributed by atoms with Crippen LogP contribution in [0.15, 0.2) is 53.0 Å². The average molecular weight is 332 g/mol. The number of hydrogen-bond acceptors (Lipinski definition) is 1. The van der Waals surface area contributed by atoms with Crippen LogP contribution in [0.4, 0.5) is 0 Å². The topological polar surface area (TPSA) is 12.0 Å². The van der Waals surface area contributed by atoms with E-state index in [4.69, 9.17) is 0 Å². The van der Waals surface area contributed by atoms with Crippen LogP contribution >= 0.6 is 15.9 Å². The largest absolute Gasteiger partial charge is 0.310 e. The summed E-state index contributed by atoms with van der Waals surface area (Å²) >= 11 is 3.56. The van der Waals surface area contributed by atoms with Crippen LogP contribution < -0.4 is 5.32 Å². The van der Waals surface area contributed by atoms with E-state index in [1.54, 1.807) is 0 Å². The molecule has 0 aliphatic heterocycles. The Bertz CT molecular complexity index is 551. The zero-order valence-electron chi connectivity index (χ0n) is 12.2. The Kier molecular flexibility index (Phi) is 5.81. The van der Waals surface area contributed by atoms with Gasteiger partial charge in [0.25, 0.3) is 0 Å². The number of rotatable bonds is 6. The Hall–Kier alpha value is -1.12. The van der Waals surface area contributed by atoms with Crippen molar-refractivity contribution in [2.45, 2.75) is 32.7 Å². The van der Waals surface area contributed by atoms with Crippen LogP contribution in [-0.4, -0.2) is 6.54 Å². The molecule has 0 amide bonds. The maximum absolute atomic E-state index is 3.63. The normalized spacial score (nSPS) is 12.3. The van der Waals surface area contributed by atoms with Gasteiger partial charge in [-0.15, -0.1) is 0 Å². The van der Waals surface area contributed by atoms with Crippen LogP contribution in [0, 0.1) is 0 Å². The second kappa shape index (κ2) is 7.61. The fourth-order valence-electron chi connectivity index (χ4n) is 2.63. The van der Waals surface area contributed by atoms with Gasteiger partial charge in [-0.3, -0.25) is 0 Å². The lowest BCUT2D eigenvalue weighted by Gasteiger charge is -2.21. The van der Waals surface area contributed by atoms with Gasteiger partial charge in [-0.1, -0.05) is 66.2 Å². The number of benzene rings is 2. The molecule has 1 atom stereocenters. The fraction of sp³-hybridized carbons (Fsp3) is 0.333. The molecular formula is C18H22BrN. The number of hydrogen-bond donors (Lipinski definition) is 1. The molecule has 2 rings (SSSR count). The smallest absolute Gasteiger partial charge is 0.0363 e. The van der Waals surface area contributed by atoms with Crippen molar-refractivity contribution in [2.75, 3.05) is 6.54 Å². The van der Waals surface area contributed by atoms with Gasteiger partial charge >= 0.3 is 0 Å². The molecule has 20 heavy (non-hydrogen) atoms. The molecule has 106 valence electrons. The molecule has 0 aliphatic carbocycles. The number of likely N-dealkylation sites (N-methyl/N-ethyl adjacent to an activating group) is 1. The number of aryl methyl sites for hydroxylation is 1. The lowest BCUT2D eigenvalue weighted by atomic mass is 9.93. The summed E-state index contributed by atoms with van der Waals surface area (Å²) in [7, 11) is 0. The first-order valence-electron chi connectivity index (χ1n) is 7.30. The molecule has 0 saturated carbocycles. The predicted molar refractivity (Wildman–Crippen MR) is 90.1 cm³/mol. The summed E-state index contributed by atoms with van der Waals surface area (Å²) < 4.78 is 1.15. The summed E-state index contributed by atoms with van der Waals surface area (Å²) in [6.45, 7) is 5.38. The Balaban J connectivity index is 2.26. The summed E-state index contributed by atoms with van der Waals surface area (Å²) in [5.41, 5.74) is 4.22. The van der Waals surface area contributed by atoms with Crippen LogP contribution in [0.5, 0.6) is 0 Å². The first-order valence-corrected chi connectivity index (χ1v) is 8.09. The molecule has 1 unspecified atom stereocenters. The van der Waals surface area contributed by atoms with Crippen LogP contribution in [0.2, 0.25) is 0 Å². The van der Waals surface area contributed by atoms with E-state index >= 15 is 0 Å². The van der Waals surface area contributed by atoms with Gasteiger partial charge in [-0.2, -0.15) is 0 Å². The molecule has 2 aromatic rings. The van der Waals surface area contributed by atoms with Crippen LogP contribution in [0.25, 0.3) is 0 Å². The monoisotopic (exact) mass is 331 g/mol. The molecule has 0 aromatic heterocycles. The molecule has 0 heterocycles. The first kappa shape index (κ1) is 15.3. The van der Waals surface area contributed by atoms with Gasteiger partial charge < -0.3 is 5.32 Å². The summed E-state index contributed by atoms with van der Waals surface area (Å²) in [5, 5.41) is 3.63. The molecule has 0 saturated heterocycles. The Morgan fingerprint density at radius 2 is 1.85 bits per heavy atom. The van der Waals surface area contributed by atoms with Crippen molar-refractivity contribution in [2.24, 2.45) is 0 Å². The third-order valence-corrected chi connectivity index (χ3v) is 4.08. The summed E-state index contributed by atoms with van der Waals surface area (Å²) in [6, 6.07) is 17.7. The molecule has 2 aromatic carbocycles. The number of nitrogens with one attached hydrogen (secondary N) is 1. The Labute approximate surface area is 130 Å². The van der Waals surface area contributed by atoms with Gasteiger partial charge in [0.1, 0.15) is 0 Å². The van der Waals surface area contributed by atoms with Crippen LogP contribution in [0.3, 0.4) is 0 Å². The fourth-order valence-corrected chi connectivity index (χ4v) is 3.08. The Morgan fingerprint density at radius 3 is 2.55 bits per heavy atom. The maximum Gasteiger partial charge on any atom is 0.0363 e. The van der Waals surface area contributed by atoms with E-state index in [0.29, 0.717) is 6.04 Å². The number of halogens is 1. The average Bonchev–Trinajstić information content (AvgIpc) is 2.47. The van der Waals surface area contributed by atoms with E-state index in [1.165, 1.54) is 16.7 Å². The minimum atomic E-state index is 0.380. The zero-order chi connectivity index (χ0) is 14.4. The van der Waals surface area contributed by atoms with Gasteiger partial charge in [-0.05, 0) is 48.2 Å². The minimum absolute atomic E-state index is 0.380. The summed E-state index contributed by atoms with van der Waals surface area (Å²) in [5.74, 6) is 0. The molecule has 0 spiro atoms. The standard InChI is InChI=1S/C18H22BrN/c1-3-15-9-5-6-11-17(15)18(20-4-2)13-14-8-7-10-16(19)12-14/h5-12,18,20H,3-4,13H2,1-2H3. The summed E-state index contributed by atoms with van der Waals surface area (Å²) in [4.78, 5) is 0. The second-order valence-electron chi connectivity index (χ2n) is 5.00. The van der Waals surface area contributed by atoms with Crippen LogP contribution in [0.1, 0.15) is 36.6 Å². The highest BCUT2D eigenvalue weighted by Crippen LogP contribution is 2.24. The van der Waals surface area contributed by atoms with Crippen molar-refractivity contribution >= 4 is 15.9 Å². The van der Waals surface area contributed by atoms with Crippen molar-refractivity contribution in [3.63, 3.8) is 0 Å². The minimum Gasteiger partial charge on any atom is -0.310 e. The van der Waals surface area contributed by atoms with Gasteiger partial charge in [0, 0.05) is 10.5 Å². The van der Waals surface area contributed by atoms with Crippen molar-refractivity contribution < 1.29 is 0 Å². The lowest BCUT2D eigenvalue weighted by Crippen LogP contribution is -2.24. The van der Waals surface area contributed by atoms with E-state index in [2.05, 4.69) is 83.6 Å². The Morgan fingerprint density at radius 1 is 1.05 bits per heavy atom. The highest BCUT2D eigenvalue weighted by atomic mass is 79.9. The van der Waals surface area contributed by atoms with Gasteiger partial charge in [0.05, 0.1) is 0 Å². The van der Waals surface area contributed by atoms with Crippen molar-refractivity contribution in [3.05, 3.63) is 69.7 Å².